The Balaban J connectivity index is 1.62. The molecule has 0 aliphatic rings. The summed E-state index contributed by atoms with van der Waals surface area (Å²) >= 11 is 18.7. The number of fused-ring (bicyclic) bond motifs is 1. The molecule has 0 saturated carbocycles. The Kier molecular flexibility index (Phi) is 4.63. The van der Waals surface area contributed by atoms with E-state index in [-0.39, 0.29) is 0 Å². The first kappa shape index (κ1) is 15.3. The van der Waals surface area contributed by atoms with Gasteiger partial charge in [0.05, 0.1) is 20.9 Å². The summed E-state index contributed by atoms with van der Waals surface area (Å²) in [5.74, 6) is 0. The minimum atomic E-state index is 0.378. The number of nitrogens with zero attached hydrogens (tertiary/aromatic N) is 1. The summed E-state index contributed by atoms with van der Waals surface area (Å²) in [4.78, 5) is 4.43. The van der Waals surface area contributed by atoms with Crippen molar-refractivity contribution < 1.29 is 0 Å². The van der Waals surface area contributed by atoms with Crippen LogP contribution in [0.25, 0.3) is 10.2 Å². The van der Waals surface area contributed by atoms with Crippen LogP contribution in [0.15, 0.2) is 42.5 Å². The molecule has 0 radical (unpaired) electrons. The average Bonchev–Trinajstić information content (AvgIpc) is 2.91. The molecule has 0 atom stereocenters. The van der Waals surface area contributed by atoms with E-state index in [1.807, 2.05) is 24.3 Å². The number of benzene rings is 2. The van der Waals surface area contributed by atoms with E-state index < -0.39 is 0 Å². The Morgan fingerprint density at radius 2 is 1.95 bits per heavy atom. The van der Waals surface area contributed by atoms with E-state index in [2.05, 4.69) is 21.2 Å². The van der Waals surface area contributed by atoms with Crippen molar-refractivity contribution in [3.8, 4) is 0 Å². The number of hydrazine groups is 1. The van der Waals surface area contributed by atoms with E-state index in [4.69, 9.17) is 35.4 Å². The highest BCUT2D eigenvalue weighted by Gasteiger charge is 2.05. The van der Waals surface area contributed by atoms with E-state index in [0.29, 0.717) is 20.8 Å². The summed E-state index contributed by atoms with van der Waals surface area (Å²) in [6.45, 7) is 0. The third-order valence-corrected chi connectivity index (χ3v) is 4.46. The molecular weight excluding hydrogens is 359 g/mol. The number of thiocarbonyl (C=S) groups is 1. The molecule has 22 heavy (non-hydrogen) atoms. The predicted molar refractivity (Wildman–Crippen MR) is 99.1 cm³/mol. The standard InChI is InChI=1S/C14H10Cl2N4S2/c15-8-5-6-10(9(16)7-8)17-13(21)19-20-14-18-11-3-1-2-4-12(11)22-14/h1-7H,(H,18,20)(H2,17,19,21). The van der Waals surface area contributed by atoms with Gasteiger partial charge in [-0.25, -0.2) is 4.98 Å². The Labute approximate surface area is 146 Å². The summed E-state index contributed by atoms with van der Waals surface area (Å²) in [5.41, 5.74) is 7.46. The van der Waals surface area contributed by atoms with E-state index in [9.17, 15) is 0 Å². The first-order chi connectivity index (χ1) is 10.6. The molecule has 0 bridgehead atoms. The molecule has 0 saturated heterocycles. The third kappa shape index (κ3) is 3.59. The Hall–Kier alpha value is -1.60. The van der Waals surface area contributed by atoms with Gasteiger partial charge in [-0.3, -0.25) is 10.9 Å². The van der Waals surface area contributed by atoms with Crippen molar-refractivity contribution in [1.82, 2.24) is 10.4 Å². The third-order valence-electron chi connectivity index (χ3n) is 2.76. The molecule has 3 aromatic rings. The van der Waals surface area contributed by atoms with Crippen LogP contribution in [0, 0.1) is 0 Å². The maximum absolute atomic E-state index is 6.08. The summed E-state index contributed by atoms with van der Waals surface area (Å²) in [7, 11) is 0. The molecule has 0 unspecified atom stereocenters. The first-order valence-electron chi connectivity index (χ1n) is 6.25. The zero-order valence-electron chi connectivity index (χ0n) is 11.1. The largest absolute Gasteiger partial charge is 0.330 e. The Morgan fingerprint density at radius 3 is 2.73 bits per heavy atom. The quantitative estimate of drug-likeness (QED) is 0.452. The Bertz CT molecular complexity index is 802. The number of thiazole rings is 1. The second-order valence-electron chi connectivity index (χ2n) is 4.32. The van der Waals surface area contributed by atoms with Gasteiger partial charge in [-0.2, -0.15) is 0 Å². The molecular formula is C14H10Cl2N4S2. The number of rotatable bonds is 3. The highest BCUT2D eigenvalue weighted by Crippen LogP contribution is 2.26. The minimum absolute atomic E-state index is 0.378. The smallest absolute Gasteiger partial charge is 0.202 e. The molecule has 112 valence electrons. The molecule has 3 N–H and O–H groups in total. The van der Waals surface area contributed by atoms with Crippen LogP contribution in [0.1, 0.15) is 0 Å². The van der Waals surface area contributed by atoms with Crippen LogP contribution >= 0.6 is 46.8 Å². The lowest BCUT2D eigenvalue weighted by molar-refractivity contribution is 1.13. The maximum atomic E-state index is 6.08. The average molecular weight is 369 g/mol. The molecule has 0 amide bonds. The van der Waals surface area contributed by atoms with E-state index >= 15 is 0 Å². The normalized spacial score (nSPS) is 10.5. The molecule has 2 aromatic carbocycles. The molecule has 8 heteroatoms. The lowest BCUT2D eigenvalue weighted by Crippen LogP contribution is -2.33. The summed E-state index contributed by atoms with van der Waals surface area (Å²) in [5, 5.41) is 5.16. The highest BCUT2D eigenvalue weighted by molar-refractivity contribution is 7.80. The fourth-order valence-electron chi connectivity index (χ4n) is 1.78. The van der Waals surface area contributed by atoms with Crippen molar-refractivity contribution in [1.29, 1.82) is 0 Å². The fraction of sp³-hybridized carbons (Fsp3) is 0. The van der Waals surface area contributed by atoms with Crippen LogP contribution in [-0.2, 0) is 0 Å². The molecule has 3 rings (SSSR count). The van der Waals surface area contributed by atoms with Crippen LogP contribution in [0.4, 0.5) is 10.8 Å². The van der Waals surface area contributed by atoms with Gasteiger partial charge >= 0.3 is 0 Å². The number of aromatic nitrogens is 1. The monoisotopic (exact) mass is 368 g/mol. The number of para-hydroxylation sites is 1. The van der Waals surface area contributed by atoms with Crippen LogP contribution in [-0.4, -0.2) is 10.1 Å². The molecule has 0 aliphatic heterocycles. The number of halogens is 2. The molecule has 0 spiro atoms. The van der Waals surface area contributed by atoms with Gasteiger partial charge in [0.1, 0.15) is 0 Å². The van der Waals surface area contributed by atoms with Gasteiger partial charge in [-0.1, -0.05) is 46.7 Å². The van der Waals surface area contributed by atoms with Gasteiger partial charge in [0.15, 0.2) is 5.11 Å². The predicted octanol–water partition coefficient (Wildman–Crippen LogP) is 4.92. The fourth-order valence-corrected chi connectivity index (χ4v) is 3.22. The summed E-state index contributed by atoms with van der Waals surface area (Å²) in [6, 6.07) is 13.1. The van der Waals surface area contributed by atoms with Gasteiger partial charge < -0.3 is 5.32 Å². The highest BCUT2D eigenvalue weighted by atomic mass is 35.5. The number of hydrogen-bond acceptors (Lipinski definition) is 4. The first-order valence-corrected chi connectivity index (χ1v) is 8.23. The van der Waals surface area contributed by atoms with E-state index in [1.165, 1.54) is 11.3 Å². The number of nitrogens with one attached hydrogen (secondary N) is 3. The second-order valence-corrected chi connectivity index (χ2v) is 6.60. The minimum Gasteiger partial charge on any atom is -0.330 e. The topological polar surface area (TPSA) is 49.0 Å². The van der Waals surface area contributed by atoms with Gasteiger partial charge in [-0.15, -0.1) is 0 Å². The lowest BCUT2D eigenvalue weighted by Gasteiger charge is -2.11. The van der Waals surface area contributed by atoms with Crippen molar-refractivity contribution in [2.45, 2.75) is 0 Å². The van der Waals surface area contributed by atoms with Crippen molar-refractivity contribution in [3.63, 3.8) is 0 Å². The molecule has 1 heterocycles. The number of hydrogen-bond donors (Lipinski definition) is 3. The second kappa shape index (κ2) is 6.66. The van der Waals surface area contributed by atoms with Crippen LogP contribution in [0.5, 0.6) is 0 Å². The van der Waals surface area contributed by atoms with Gasteiger partial charge in [-0.05, 0) is 42.5 Å². The number of anilines is 2. The van der Waals surface area contributed by atoms with Gasteiger partial charge in [0.2, 0.25) is 5.13 Å². The zero-order valence-corrected chi connectivity index (χ0v) is 14.2. The van der Waals surface area contributed by atoms with Crippen LogP contribution < -0.4 is 16.2 Å². The van der Waals surface area contributed by atoms with Crippen LogP contribution in [0.2, 0.25) is 10.0 Å². The lowest BCUT2D eigenvalue weighted by atomic mass is 10.3. The van der Waals surface area contributed by atoms with Crippen molar-refractivity contribution >= 4 is 72.9 Å². The SMILES string of the molecule is S=C(NNc1nc2ccccc2s1)Nc1ccc(Cl)cc1Cl. The van der Waals surface area contributed by atoms with Gasteiger partial charge in [0, 0.05) is 5.02 Å². The maximum Gasteiger partial charge on any atom is 0.202 e. The van der Waals surface area contributed by atoms with Crippen molar-refractivity contribution in [2.24, 2.45) is 0 Å². The van der Waals surface area contributed by atoms with Crippen molar-refractivity contribution in [3.05, 3.63) is 52.5 Å². The van der Waals surface area contributed by atoms with Crippen molar-refractivity contribution in [2.75, 3.05) is 10.7 Å². The molecule has 4 nitrogen and oxygen atoms in total. The van der Waals surface area contributed by atoms with E-state index in [1.54, 1.807) is 18.2 Å². The van der Waals surface area contributed by atoms with Crippen LogP contribution in [0.3, 0.4) is 0 Å². The summed E-state index contributed by atoms with van der Waals surface area (Å²) < 4.78 is 1.10. The van der Waals surface area contributed by atoms with Gasteiger partial charge in [0.25, 0.3) is 0 Å². The molecule has 1 aromatic heterocycles. The Morgan fingerprint density at radius 1 is 1.14 bits per heavy atom. The zero-order chi connectivity index (χ0) is 15.5. The molecule has 0 aliphatic carbocycles. The molecule has 0 fully saturated rings. The summed E-state index contributed by atoms with van der Waals surface area (Å²) in [6.07, 6.45) is 0. The van der Waals surface area contributed by atoms with E-state index in [0.717, 1.165) is 15.3 Å².